The quantitative estimate of drug-likeness (QED) is 0.271. The normalized spacial score (nSPS) is 18.8. The Bertz CT molecular complexity index is 1410. The van der Waals surface area contributed by atoms with E-state index in [9.17, 15) is 9.59 Å². The van der Waals surface area contributed by atoms with Gasteiger partial charge in [0.1, 0.15) is 19.0 Å². The maximum absolute atomic E-state index is 13.8. The molecule has 0 saturated heterocycles. The molecule has 1 aliphatic carbocycles. The van der Waals surface area contributed by atoms with E-state index in [2.05, 4.69) is 11.4 Å². The monoisotopic (exact) mass is 545 g/mol. The van der Waals surface area contributed by atoms with Gasteiger partial charge in [-0.3, -0.25) is 4.79 Å². The fraction of sp³-hybridized carbons (Fsp3) is 0.290. The summed E-state index contributed by atoms with van der Waals surface area (Å²) in [5, 5.41) is 5.42. The van der Waals surface area contributed by atoms with Crippen LogP contribution >= 0.6 is 11.3 Å². The van der Waals surface area contributed by atoms with Gasteiger partial charge in [-0.2, -0.15) is 0 Å². The second kappa shape index (κ2) is 11.8. The molecule has 8 heteroatoms. The Morgan fingerprint density at radius 3 is 2.51 bits per heavy atom. The van der Waals surface area contributed by atoms with Crippen LogP contribution in [0.1, 0.15) is 42.0 Å². The van der Waals surface area contributed by atoms with Crippen molar-refractivity contribution < 1.29 is 28.5 Å². The van der Waals surface area contributed by atoms with E-state index < -0.39 is 11.9 Å². The van der Waals surface area contributed by atoms with Gasteiger partial charge >= 0.3 is 5.97 Å². The van der Waals surface area contributed by atoms with E-state index in [1.54, 1.807) is 31.6 Å². The van der Waals surface area contributed by atoms with Crippen molar-refractivity contribution in [2.75, 3.05) is 27.4 Å². The van der Waals surface area contributed by atoms with Crippen molar-refractivity contribution in [3.63, 3.8) is 0 Å². The highest BCUT2D eigenvalue weighted by atomic mass is 32.1. The van der Waals surface area contributed by atoms with Crippen LogP contribution in [0, 0.1) is 0 Å². The van der Waals surface area contributed by atoms with Crippen LogP contribution in [-0.2, 0) is 14.3 Å². The zero-order chi connectivity index (χ0) is 27.4. The van der Waals surface area contributed by atoms with Crippen molar-refractivity contribution in [3.8, 4) is 17.2 Å². The Hall–Kier alpha value is -4.04. The average Bonchev–Trinajstić information content (AvgIpc) is 3.50. The van der Waals surface area contributed by atoms with Crippen molar-refractivity contribution in [1.29, 1.82) is 0 Å². The van der Waals surface area contributed by atoms with E-state index in [-0.39, 0.29) is 24.9 Å². The van der Waals surface area contributed by atoms with E-state index >= 15 is 0 Å². The molecule has 2 aromatic carbocycles. The van der Waals surface area contributed by atoms with Crippen LogP contribution in [0.2, 0.25) is 0 Å². The van der Waals surface area contributed by atoms with Gasteiger partial charge in [0.2, 0.25) is 0 Å². The summed E-state index contributed by atoms with van der Waals surface area (Å²) < 4.78 is 22.7. The summed E-state index contributed by atoms with van der Waals surface area (Å²) in [5.74, 6) is 0.631. The number of nitrogens with one attached hydrogen (secondary N) is 1. The number of methoxy groups -OCH3 is 2. The SMILES string of the molecule is COc1cccc([C@H]2C(C(=O)OCCOc3ccccc3)=C(C)NC3=C2C(=O)C[C@@H](c2cccs2)C3)c1OC. The Labute approximate surface area is 232 Å². The van der Waals surface area contributed by atoms with Crippen LogP contribution < -0.4 is 19.5 Å². The molecule has 1 aliphatic heterocycles. The lowest BCUT2D eigenvalue weighted by molar-refractivity contribution is -0.140. The Balaban J connectivity index is 1.48. The first-order valence-electron chi connectivity index (χ1n) is 12.8. The lowest BCUT2D eigenvalue weighted by Crippen LogP contribution is -2.36. The van der Waals surface area contributed by atoms with Crippen molar-refractivity contribution >= 4 is 23.1 Å². The minimum Gasteiger partial charge on any atom is -0.493 e. The number of para-hydroxylation sites is 2. The van der Waals surface area contributed by atoms with Gasteiger partial charge < -0.3 is 24.3 Å². The minimum atomic E-state index is -0.661. The maximum atomic E-state index is 13.8. The molecule has 1 N–H and O–H groups in total. The van der Waals surface area contributed by atoms with Crippen molar-refractivity contribution in [2.45, 2.75) is 31.6 Å². The van der Waals surface area contributed by atoms with E-state index in [1.807, 2.05) is 60.8 Å². The van der Waals surface area contributed by atoms with Crippen LogP contribution in [0.3, 0.4) is 0 Å². The number of carbonyl (C=O) groups is 2. The predicted octanol–water partition coefficient (Wildman–Crippen LogP) is 5.75. The summed E-state index contributed by atoms with van der Waals surface area (Å²) in [5.41, 5.74) is 3.12. The van der Waals surface area contributed by atoms with E-state index in [1.165, 1.54) is 4.88 Å². The number of ketones is 1. The number of thiophene rings is 1. The number of dihydropyridines is 1. The van der Waals surface area contributed by atoms with E-state index in [4.69, 9.17) is 18.9 Å². The first-order valence-corrected chi connectivity index (χ1v) is 13.7. The van der Waals surface area contributed by atoms with Crippen LogP contribution in [-0.4, -0.2) is 39.2 Å². The summed E-state index contributed by atoms with van der Waals surface area (Å²) in [6, 6.07) is 18.9. The van der Waals surface area contributed by atoms with E-state index in [0.29, 0.717) is 52.5 Å². The van der Waals surface area contributed by atoms with Gasteiger partial charge in [0.15, 0.2) is 17.3 Å². The number of ether oxygens (including phenoxy) is 4. The fourth-order valence-corrected chi connectivity index (χ4v) is 6.20. The summed E-state index contributed by atoms with van der Waals surface area (Å²) in [4.78, 5) is 28.6. The molecular formula is C31H31NO6S. The molecule has 5 rings (SSSR count). The highest BCUT2D eigenvalue weighted by Crippen LogP contribution is 2.49. The van der Waals surface area contributed by atoms with Gasteiger partial charge in [0.25, 0.3) is 0 Å². The van der Waals surface area contributed by atoms with Crippen molar-refractivity contribution in [2.24, 2.45) is 0 Å². The van der Waals surface area contributed by atoms with Crippen LogP contribution in [0.15, 0.2) is 88.6 Å². The number of benzene rings is 2. The lowest BCUT2D eigenvalue weighted by Gasteiger charge is -2.36. The van der Waals surface area contributed by atoms with Crippen LogP contribution in [0.5, 0.6) is 17.2 Å². The molecule has 2 aliphatic rings. The second-order valence-corrected chi connectivity index (χ2v) is 10.4. The molecule has 39 heavy (non-hydrogen) atoms. The molecule has 0 radical (unpaired) electrons. The lowest BCUT2D eigenvalue weighted by atomic mass is 9.72. The summed E-state index contributed by atoms with van der Waals surface area (Å²) in [6.07, 6.45) is 1.05. The topological polar surface area (TPSA) is 83.1 Å². The number of rotatable bonds is 9. The fourth-order valence-electron chi connectivity index (χ4n) is 5.37. The van der Waals surface area contributed by atoms with Gasteiger partial charge in [-0.05, 0) is 43.0 Å². The molecule has 2 atom stereocenters. The molecule has 202 valence electrons. The molecule has 0 amide bonds. The van der Waals surface area contributed by atoms with E-state index in [0.717, 1.165) is 5.70 Å². The average molecular weight is 546 g/mol. The molecule has 0 fully saturated rings. The molecule has 0 saturated carbocycles. The summed E-state index contributed by atoms with van der Waals surface area (Å²) in [6.45, 7) is 2.12. The van der Waals surface area contributed by atoms with Gasteiger partial charge in [-0.25, -0.2) is 4.79 Å². The zero-order valence-corrected chi connectivity index (χ0v) is 23.0. The van der Waals surface area contributed by atoms with Gasteiger partial charge in [0, 0.05) is 39.7 Å². The first-order chi connectivity index (χ1) is 19.0. The second-order valence-electron chi connectivity index (χ2n) is 9.41. The zero-order valence-electron chi connectivity index (χ0n) is 22.2. The largest absolute Gasteiger partial charge is 0.493 e. The van der Waals surface area contributed by atoms with Gasteiger partial charge in [-0.1, -0.05) is 36.4 Å². The predicted molar refractivity (Wildman–Crippen MR) is 149 cm³/mol. The standard InChI is InChI=1S/C31H31NO6S/c1-19-27(31(34)38-15-14-37-21-9-5-4-6-10-21)28(22-11-7-12-25(35-2)30(22)36-3)29-23(32-19)17-20(18-24(29)33)26-13-8-16-39-26/h4-13,16,20,28,32H,14-15,17-18H2,1-3H3/t20-,28-/m0/s1. The third kappa shape index (κ3) is 5.43. The molecular weight excluding hydrogens is 514 g/mol. The smallest absolute Gasteiger partial charge is 0.336 e. The van der Waals surface area contributed by atoms with Crippen molar-refractivity contribution in [3.05, 3.63) is 99.0 Å². The Morgan fingerprint density at radius 2 is 1.79 bits per heavy atom. The van der Waals surface area contributed by atoms with Crippen LogP contribution in [0.4, 0.5) is 0 Å². The molecule has 3 aromatic rings. The number of hydrogen-bond acceptors (Lipinski definition) is 8. The summed E-state index contributed by atoms with van der Waals surface area (Å²) >= 11 is 1.66. The number of Topliss-reactive ketones (excluding diaryl/α,β-unsaturated/α-hetero) is 1. The van der Waals surface area contributed by atoms with Gasteiger partial charge in [0.05, 0.1) is 25.7 Å². The number of allylic oxidation sites excluding steroid dienone is 3. The van der Waals surface area contributed by atoms with Crippen molar-refractivity contribution in [1.82, 2.24) is 5.32 Å². The molecule has 7 nitrogen and oxygen atoms in total. The first kappa shape index (κ1) is 26.6. The molecule has 0 spiro atoms. The highest BCUT2D eigenvalue weighted by Gasteiger charge is 2.43. The maximum Gasteiger partial charge on any atom is 0.336 e. The summed E-state index contributed by atoms with van der Waals surface area (Å²) in [7, 11) is 3.12. The molecule has 0 bridgehead atoms. The minimum absolute atomic E-state index is 0.00207. The Kier molecular flexibility index (Phi) is 8.02. The highest BCUT2D eigenvalue weighted by molar-refractivity contribution is 7.10. The Morgan fingerprint density at radius 1 is 0.974 bits per heavy atom. The van der Waals surface area contributed by atoms with Crippen LogP contribution in [0.25, 0.3) is 0 Å². The number of esters is 1. The molecule has 1 aromatic heterocycles. The molecule has 2 heterocycles. The van der Waals surface area contributed by atoms with Gasteiger partial charge in [-0.15, -0.1) is 11.3 Å². The number of carbonyl (C=O) groups excluding carboxylic acids is 2. The number of hydrogen-bond donors (Lipinski definition) is 1. The third-order valence-electron chi connectivity index (χ3n) is 7.07. The molecule has 0 unspecified atom stereocenters. The third-order valence-corrected chi connectivity index (χ3v) is 8.10.